The van der Waals surface area contributed by atoms with E-state index in [2.05, 4.69) is 24.0 Å². The molecule has 2 aromatic carbocycles. The third-order valence-corrected chi connectivity index (χ3v) is 4.48. The van der Waals surface area contributed by atoms with Gasteiger partial charge in [0.1, 0.15) is 10.9 Å². The van der Waals surface area contributed by atoms with Gasteiger partial charge in [0.25, 0.3) is 0 Å². The van der Waals surface area contributed by atoms with Crippen LogP contribution in [-0.2, 0) is 6.54 Å². The molecule has 1 N–H and O–H groups in total. The normalized spacial score (nSPS) is 12.5. The number of furan rings is 1. The van der Waals surface area contributed by atoms with Crippen molar-refractivity contribution in [3.05, 3.63) is 89.5 Å². The summed E-state index contributed by atoms with van der Waals surface area (Å²) in [7, 11) is 0. The zero-order chi connectivity index (χ0) is 19.3. The monoisotopic (exact) mass is 367 g/mol. The van der Waals surface area contributed by atoms with E-state index in [4.69, 9.17) is 14.4 Å². The summed E-state index contributed by atoms with van der Waals surface area (Å²) in [6, 6.07) is 20.2. The van der Waals surface area contributed by atoms with E-state index in [0.717, 1.165) is 21.7 Å². The number of hydrogen-bond acceptors (Lipinski definition) is 4. The van der Waals surface area contributed by atoms with Crippen LogP contribution in [0, 0.1) is 0 Å². The maximum atomic E-state index is 6.09. The molecule has 0 saturated carbocycles. The Balaban J connectivity index is 1.91. The van der Waals surface area contributed by atoms with Gasteiger partial charge in [-0.1, -0.05) is 73.3 Å². The fourth-order valence-electron chi connectivity index (χ4n) is 3.12. The molecule has 4 heteroatoms. The zero-order valence-corrected chi connectivity index (χ0v) is 15.7. The molecule has 0 spiro atoms. The molecule has 0 atom stereocenters. The topological polar surface area (TPSA) is 51.0 Å². The first-order valence-electron chi connectivity index (χ1n) is 9.23. The average Bonchev–Trinajstić information content (AvgIpc) is 3.11. The minimum absolute atomic E-state index is 0.646. The summed E-state index contributed by atoms with van der Waals surface area (Å²) in [6.07, 6.45) is 5.60. The molecule has 0 saturated heterocycles. The lowest BCUT2D eigenvalue weighted by Crippen LogP contribution is -2.19. The molecule has 0 aliphatic rings. The molecule has 2 heterocycles. The maximum Gasteiger partial charge on any atom is 0.196 e. The van der Waals surface area contributed by atoms with Crippen molar-refractivity contribution < 1.29 is 4.42 Å². The first kappa shape index (κ1) is 17.7. The Bertz CT molecular complexity index is 1230. The van der Waals surface area contributed by atoms with E-state index in [1.807, 2.05) is 67.6 Å². The second kappa shape index (κ2) is 7.92. The van der Waals surface area contributed by atoms with Gasteiger partial charge >= 0.3 is 0 Å². The molecule has 138 valence electrons. The molecular formula is C24H21N3O. The average molecular weight is 367 g/mol. The number of anilines is 1. The van der Waals surface area contributed by atoms with Crippen LogP contribution in [0.2, 0.25) is 0 Å². The third-order valence-electron chi connectivity index (χ3n) is 4.48. The number of nitrogens with one attached hydrogen (secondary N) is 1. The second-order valence-corrected chi connectivity index (χ2v) is 6.35. The highest BCUT2D eigenvalue weighted by Crippen LogP contribution is 2.23. The molecule has 4 rings (SSSR count). The first-order chi connectivity index (χ1) is 13.8. The lowest BCUT2D eigenvalue weighted by Gasteiger charge is -2.08. The van der Waals surface area contributed by atoms with Crippen molar-refractivity contribution in [1.82, 2.24) is 9.97 Å². The van der Waals surface area contributed by atoms with Gasteiger partial charge in [0.15, 0.2) is 17.2 Å². The van der Waals surface area contributed by atoms with E-state index < -0.39 is 0 Å². The Morgan fingerprint density at radius 2 is 1.71 bits per heavy atom. The van der Waals surface area contributed by atoms with E-state index in [9.17, 15) is 0 Å². The number of rotatable bonds is 5. The van der Waals surface area contributed by atoms with Crippen LogP contribution in [0.25, 0.3) is 34.6 Å². The van der Waals surface area contributed by atoms with Gasteiger partial charge in [-0.25, -0.2) is 9.97 Å². The van der Waals surface area contributed by atoms with Crippen LogP contribution in [-0.4, -0.2) is 9.97 Å². The third kappa shape index (κ3) is 3.45. The van der Waals surface area contributed by atoms with Crippen molar-refractivity contribution in [2.24, 2.45) is 0 Å². The highest BCUT2D eigenvalue weighted by molar-refractivity contribution is 5.87. The molecule has 4 aromatic rings. The summed E-state index contributed by atoms with van der Waals surface area (Å²) in [5.74, 6) is 1.34. The Labute approximate surface area is 163 Å². The smallest absolute Gasteiger partial charge is 0.196 e. The molecule has 0 bridgehead atoms. The van der Waals surface area contributed by atoms with Gasteiger partial charge in [0.2, 0.25) is 0 Å². The van der Waals surface area contributed by atoms with E-state index in [0.29, 0.717) is 23.8 Å². The van der Waals surface area contributed by atoms with E-state index in [1.165, 1.54) is 5.56 Å². The van der Waals surface area contributed by atoms with Gasteiger partial charge in [0.05, 0.1) is 0 Å². The Kier molecular flexibility index (Phi) is 5.02. The van der Waals surface area contributed by atoms with E-state index in [-0.39, 0.29) is 0 Å². The summed E-state index contributed by atoms with van der Waals surface area (Å²) in [4.78, 5) is 9.57. The van der Waals surface area contributed by atoms with Crippen LogP contribution in [0.1, 0.15) is 12.5 Å². The van der Waals surface area contributed by atoms with Crippen molar-refractivity contribution in [1.29, 1.82) is 0 Å². The predicted molar refractivity (Wildman–Crippen MR) is 115 cm³/mol. The van der Waals surface area contributed by atoms with Gasteiger partial charge in [-0.05, 0) is 24.6 Å². The molecule has 4 nitrogen and oxygen atoms in total. The standard InChI is InChI=1S/C24H21N3O/c1-3-11-19-20(4-2)28-22-21(19)26-23(18-14-9-6-10-15-18)27-24(22)25-16-17-12-7-5-8-13-17/h3-15H,1,16H2,2H3,(H,25,26,27)/b19-11+,20-4+. The number of hydrogen-bond donors (Lipinski definition) is 1. The Morgan fingerprint density at radius 1 is 1.00 bits per heavy atom. The number of allylic oxidation sites excluding steroid dienone is 1. The predicted octanol–water partition coefficient (Wildman–Crippen LogP) is 4.27. The Morgan fingerprint density at radius 3 is 2.39 bits per heavy atom. The fourth-order valence-corrected chi connectivity index (χ4v) is 3.12. The van der Waals surface area contributed by atoms with Crippen LogP contribution >= 0.6 is 0 Å². The van der Waals surface area contributed by atoms with Gasteiger partial charge < -0.3 is 9.73 Å². The molecule has 0 fully saturated rings. The van der Waals surface area contributed by atoms with E-state index in [1.54, 1.807) is 6.08 Å². The van der Waals surface area contributed by atoms with Gasteiger partial charge in [-0.2, -0.15) is 0 Å². The number of nitrogens with zero attached hydrogens (tertiary/aromatic N) is 2. The minimum atomic E-state index is 0.646. The molecule has 0 unspecified atom stereocenters. The van der Waals surface area contributed by atoms with Crippen LogP contribution in [0.5, 0.6) is 0 Å². The maximum absolute atomic E-state index is 6.09. The van der Waals surface area contributed by atoms with Crippen molar-refractivity contribution in [3.63, 3.8) is 0 Å². The Hall–Kier alpha value is -3.66. The highest BCUT2D eigenvalue weighted by Gasteiger charge is 2.14. The van der Waals surface area contributed by atoms with Crippen molar-refractivity contribution in [2.45, 2.75) is 13.5 Å². The number of aromatic nitrogens is 2. The van der Waals surface area contributed by atoms with Gasteiger partial charge in [-0.3, -0.25) is 0 Å². The van der Waals surface area contributed by atoms with Crippen LogP contribution in [0.3, 0.4) is 0 Å². The van der Waals surface area contributed by atoms with Crippen molar-refractivity contribution in [2.75, 3.05) is 5.32 Å². The molecule has 2 aromatic heterocycles. The molecule has 0 amide bonds. The van der Waals surface area contributed by atoms with Gasteiger partial charge in [0, 0.05) is 17.3 Å². The molecule has 0 aliphatic heterocycles. The molecular weight excluding hydrogens is 346 g/mol. The SMILES string of the molecule is C=C/C=c1\c(=C/C)oc2c(NCc3ccccc3)nc(-c3ccccc3)nc12. The molecule has 0 aliphatic carbocycles. The van der Waals surface area contributed by atoms with Crippen molar-refractivity contribution in [3.8, 4) is 11.4 Å². The van der Waals surface area contributed by atoms with Crippen molar-refractivity contribution >= 4 is 29.1 Å². The zero-order valence-electron chi connectivity index (χ0n) is 15.7. The lowest BCUT2D eigenvalue weighted by molar-refractivity contribution is 0.574. The molecule has 28 heavy (non-hydrogen) atoms. The summed E-state index contributed by atoms with van der Waals surface area (Å²) in [5, 5.41) is 4.33. The largest absolute Gasteiger partial charge is 0.451 e. The number of benzene rings is 2. The summed E-state index contributed by atoms with van der Waals surface area (Å²) in [6.45, 7) is 6.42. The van der Waals surface area contributed by atoms with E-state index >= 15 is 0 Å². The second-order valence-electron chi connectivity index (χ2n) is 6.35. The first-order valence-corrected chi connectivity index (χ1v) is 9.23. The number of fused-ring (bicyclic) bond motifs is 1. The van der Waals surface area contributed by atoms with Crippen LogP contribution < -0.4 is 16.0 Å². The van der Waals surface area contributed by atoms with Crippen LogP contribution in [0.4, 0.5) is 5.82 Å². The highest BCUT2D eigenvalue weighted by atomic mass is 16.3. The summed E-state index contributed by atoms with van der Waals surface area (Å²) < 4.78 is 6.09. The quantitative estimate of drug-likeness (QED) is 0.572. The summed E-state index contributed by atoms with van der Waals surface area (Å²) >= 11 is 0. The summed E-state index contributed by atoms with van der Waals surface area (Å²) in [5.41, 5.74) is 4.31. The van der Waals surface area contributed by atoms with Crippen LogP contribution in [0.15, 0.2) is 77.7 Å². The lowest BCUT2D eigenvalue weighted by atomic mass is 10.2. The minimum Gasteiger partial charge on any atom is -0.451 e. The van der Waals surface area contributed by atoms with Gasteiger partial charge in [-0.15, -0.1) is 0 Å². The molecule has 0 radical (unpaired) electrons. The fraction of sp³-hybridized carbons (Fsp3) is 0.0833.